The Morgan fingerprint density at radius 2 is 2.08 bits per heavy atom. The third-order valence-electron chi connectivity index (χ3n) is 3.52. The average molecular weight is 328 g/mol. The summed E-state index contributed by atoms with van der Waals surface area (Å²) < 4.78 is 12.4. The van der Waals surface area contributed by atoms with Gasteiger partial charge in [-0.2, -0.15) is 0 Å². The van der Waals surface area contributed by atoms with Crippen LogP contribution in [-0.4, -0.2) is 27.8 Å². The van der Waals surface area contributed by atoms with Crippen LogP contribution in [0.1, 0.15) is 37.0 Å². The van der Waals surface area contributed by atoms with E-state index in [9.17, 15) is 4.79 Å². The number of nitrogens with zero attached hydrogens (tertiary/aromatic N) is 3. The molecular formula is C17H20N4O3. The molecule has 0 fully saturated rings. The van der Waals surface area contributed by atoms with Crippen LogP contribution < -0.4 is 10.1 Å². The Bertz CT molecular complexity index is 902. The van der Waals surface area contributed by atoms with Crippen molar-refractivity contribution in [2.45, 2.75) is 26.2 Å². The zero-order chi connectivity index (χ0) is 17.5. The Labute approximate surface area is 139 Å². The summed E-state index contributed by atoms with van der Waals surface area (Å²) in [6.45, 7) is 6.11. The molecule has 24 heavy (non-hydrogen) atoms. The summed E-state index contributed by atoms with van der Waals surface area (Å²) >= 11 is 0. The second-order valence-electron chi connectivity index (χ2n) is 6.63. The van der Waals surface area contributed by atoms with Gasteiger partial charge in [0.2, 0.25) is 11.8 Å². The fourth-order valence-corrected chi connectivity index (χ4v) is 2.30. The van der Waals surface area contributed by atoms with E-state index >= 15 is 0 Å². The molecule has 3 aromatic rings. The molecule has 126 valence electrons. The number of nitrogens with one attached hydrogen (secondary N) is 1. The summed E-state index contributed by atoms with van der Waals surface area (Å²) in [6.07, 6.45) is 1.61. The number of amides is 1. The zero-order valence-electron chi connectivity index (χ0n) is 14.4. The highest BCUT2D eigenvalue weighted by Crippen LogP contribution is 2.27. The predicted octanol–water partition coefficient (Wildman–Crippen LogP) is 3.12. The lowest BCUT2D eigenvalue weighted by atomic mass is 9.97. The summed E-state index contributed by atoms with van der Waals surface area (Å²) in [5, 5.41) is 6.91. The third-order valence-corrected chi connectivity index (χ3v) is 3.52. The minimum Gasteiger partial charge on any atom is -0.479 e. The summed E-state index contributed by atoms with van der Waals surface area (Å²) in [4.78, 5) is 16.9. The van der Waals surface area contributed by atoms with Crippen molar-refractivity contribution >= 4 is 22.7 Å². The average Bonchev–Trinajstić information content (AvgIpc) is 3.09. The number of methoxy groups -OCH3 is 1. The van der Waals surface area contributed by atoms with E-state index < -0.39 is 0 Å². The molecular weight excluding hydrogens is 308 g/mol. The van der Waals surface area contributed by atoms with Crippen molar-refractivity contribution in [3.05, 3.63) is 35.9 Å². The summed E-state index contributed by atoms with van der Waals surface area (Å²) in [5.41, 5.74) is 2.22. The first kappa shape index (κ1) is 16.0. The molecule has 1 N–H and O–H groups in total. The molecule has 0 aliphatic carbocycles. The number of hydrogen-bond acceptors (Lipinski definition) is 5. The van der Waals surface area contributed by atoms with E-state index in [0.29, 0.717) is 28.2 Å². The number of oxazole rings is 1. The first-order chi connectivity index (χ1) is 11.3. The number of carbonyl (C=O) groups excluding carboxylic acids is 1. The van der Waals surface area contributed by atoms with Crippen molar-refractivity contribution < 1.29 is 13.9 Å². The van der Waals surface area contributed by atoms with Gasteiger partial charge < -0.3 is 14.5 Å². The topological polar surface area (TPSA) is 82.2 Å². The van der Waals surface area contributed by atoms with Gasteiger partial charge in [0.15, 0.2) is 5.58 Å². The second-order valence-corrected chi connectivity index (χ2v) is 6.63. The molecule has 1 aromatic carbocycles. The van der Waals surface area contributed by atoms with Gasteiger partial charge in [-0.3, -0.25) is 9.48 Å². The Morgan fingerprint density at radius 1 is 1.33 bits per heavy atom. The van der Waals surface area contributed by atoms with Crippen LogP contribution >= 0.6 is 0 Å². The van der Waals surface area contributed by atoms with Crippen LogP contribution in [0.15, 0.2) is 28.8 Å². The van der Waals surface area contributed by atoms with Crippen LogP contribution in [0.4, 0.5) is 5.69 Å². The normalized spacial score (nSPS) is 11.7. The zero-order valence-corrected chi connectivity index (χ0v) is 14.4. The highest BCUT2D eigenvalue weighted by molar-refractivity contribution is 6.06. The number of fused-ring (bicyclic) bond motifs is 1. The number of ether oxygens (including phenoxy) is 1. The van der Waals surface area contributed by atoms with Crippen LogP contribution in [0.3, 0.4) is 0 Å². The van der Waals surface area contributed by atoms with Crippen molar-refractivity contribution in [2.75, 3.05) is 12.4 Å². The Balaban J connectivity index is 1.88. The highest BCUT2D eigenvalue weighted by atomic mass is 16.5. The van der Waals surface area contributed by atoms with Gasteiger partial charge in [0.05, 0.1) is 7.11 Å². The maximum atomic E-state index is 12.4. The molecule has 0 aliphatic heterocycles. The SMILES string of the molecule is COc1nn(C)cc1C(=O)Nc1ccc2oc(C(C)(C)C)nc2c1. The van der Waals surface area contributed by atoms with Gasteiger partial charge in [0.1, 0.15) is 11.1 Å². The Morgan fingerprint density at radius 3 is 2.75 bits per heavy atom. The molecule has 0 atom stereocenters. The van der Waals surface area contributed by atoms with E-state index in [1.54, 1.807) is 31.4 Å². The number of aromatic nitrogens is 3. The predicted molar refractivity (Wildman–Crippen MR) is 90.4 cm³/mol. The molecule has 2 aromatic heterocycles. The van der Waals surface area contributed by atoms with E-state index in [-0.39, 0.29) is 17.2 Å². The number of rotatable bonds is 3. The van der Waals surface area contributed by atoms with Crippen LogP contribution in [-0.2, 0) is 12.5 Å². The van der Waals surface area contributed by atoms with E-state index in [2.05, 4.69) is 15.4 Å². The van der Waals surface area contributed by atoms with Crippen molar-refractivity contribution in [3.63, 3.8) is 0 Å². The molecule has 1 amide bonds. The van der Waals surface area contributed by atoms with Gasteiger partial charge >= 0.3 is 0 Å². The fourth-order valence-electron chi connectivity index (χ4n) is 2.30. The molecule has 0 bridgehead atoms. The first-order valence-corrected chi connectivity index (χ1v) is 7.58. The number of anilines is 1. The molecule has 0 aliphatic rings. The number of hydrogen-bond donors (Lipinski definition) is 1. The van der Waals surface area contributed by atoms with E-state index in [0.717, 1.165) is 0 Å². The molecule has 3 rings (SSSR count). The van der Waals surface area contributed by atoms with Crippen molar-refractivity contribution in [1.29, 1.82) is 0 Å². The number of carbonyl (C=O) groups is 1. The van der Waals surface area contributed by atoms with Crippen molar-refractivity contribution in [2.24, 2.45) is 7.05 Å². The molecule has 2 heterocycles. The lowest BCUT2D eigenvalue weighted by Gasteiger charge is -2.11. The minimum atomic E-state index is -0.293. The smallest absolute Gasteiger partial charge is 0.262 e. The second kappa shape index (κ2) is 5.67. The van der Waals surface area contributed by atoms with Gasteiger partial charge in [-0.25, -0.2) is 4.98 Å². The summed E-state index contributed by atoms with van der Waals surface area (Å²) in [6, 6.07) is 5.36. The van der Waals surface area contributed by atoms with Crippen LogP contribution in [0.25, 0.3) is 11.1 Å². The van der Waals surface area contributed by atoms with Crippen LogP contribution in [0.2, 0.25) is 0 Å². The van der Waals surface area contributed by atoms with Crippen molar-refractivity contribution in [1.82, 2.24) is 14.8 Å². The monoisotopic (exact) mass is 328 g/mol. The quantitative estimate of drug-likeness (QED) is 0.799. The molecule has 7 nitrogen and oxygen atoms in total. The van der Waals surface area contributed by atoms with Gasteiger partial charge in [0, 0.05) is 24.3 Å². The van der Waals surface area contributed by atoms with E-state index in [1.807, 2.05) is 20.8 Å². The molecule has 0 unspecified atom stereocenters. The summed E-state index contributed by atoms with van der Waals surface area (Å²) in [7, 11) is 3.21. The maximum Gasteiger partial charge on any atom is 0.262 e. The first-order valence-electron chi connectivity index (χ1n) is 7.58. The van der Waals surface area contributed by atoms with Gasteiger partial charge in [-0.15, -0.1) is 5.10 Å². The highest BCUT2D eigenvalue weighted by Gasteiger charge is 2.21. The molecule has 7 heteroatoms. The minimum absolute atomic E-state index is 0.175. The summed E-state index contributed by atoms with van der Waals surface area (Å²) in [5.74, 6) is 0.654. The maximum absolute atomic E-state index is 12.4. The lowest BCUT2D eigenvalue weighted by Crippen LogP contribution is -2.12. The molecule has 0 saturated heterocycles. The largest absolute Gasteiger partial charge is 0.479 e. The fraction of sp³-hybridized carbons (Fsp3) is 0.353. The van der Waals surface area contributed by atoms with Gasteiger partial charge in [0.25, 0.3) is 5.91 Å². The van der Waals surface area contributed by atoms with Crippen molar-refractivity contribution in [3.8, 4) is 5.88 Å². The lowest BCUT2D eigenvalue weighted by molar-refractivity contribution is 0.102. The number of aryl methyl sites for hydroxylation is 1. The van der Waals surface area contributed by atoms with E-state index in [4.69, 9.17) is 9.15 Å². The van der Waals surface area contributed by atoms with Crippen LogP contribution in [0, 0.1) is 0 Å². The third kappa shape index (κ3) is 2.97. The standard InChI is InChI=1S/C17H20N4O3/c1-17(2,3)16-19-12-8-10(6-7-13(12)24-16)18-14(22)11-9-21(4)20-15(11)23-5/h6-9H,1-5H3,(H,18,22). The molecule has 0 spiro atoms. The Hall–Kier alpha value is -2.83. The van der Waals surface area contributed by atoms with Gasteiger partial charge in [-0.1, -0.05) is 20.8 Å². The van der Waals surface area contributed by atoms with Gasteiger partial charge in [-0.05, 0) is 18.2 Å². The Kier molecular flexibility index (Phi) is 3.79. The van der Waals surface area contributed by atoms with Crippen LogP contribution in [0.5, 0.6) is 5.88 Å². The molecule has 0 saturated carbocycles. The van der Waals surface area contributed by atoms with E-state index in [1.165, 1.54) is 11.8 Å². The number of benzene rings is 1. The molecule has 0 radical (unpaired) electrons.